The SMILES string of the molecule is Cc1cc([N+](=O)[O-])c(C)cc1OCCC(C)(C)O. The molecule has 0 fully saturated rings. The minimum absolute atomic E-state index is 0.0994. The highest BCUT2D eigenvalue weighted by molar-refractivity contribution is 5.49. The molecule has 0 unspecified atom stereocenters. The summed E-state index contributed by atoms with van der Waals surface area (Å²) in [5, 5.41) is 20.3. The van der Waals surface area contributed by atoms with Crippen molar-refractivity contribution >= 4 is 5.69 Å². The van der Waals surface area contributed by atoms with Gasteiger partial charge in [0, 0.05) is 18.1 Å². The molecule has 18 heavy (non-hydrogen) atoms. The Bertz CT molecular complexity index is 449. The molecule has 1 N–H and O–H groups in total. The van der Waals surface area contributed by atoms with Crippen molar-refractivity contribution in [3.63, 3.8) is 0 Å². The fourth-order valence-corrected chi connectivity index (χ4v) is 1.54. The Labute approximate surface area is 107 Å². The summed E-state index contributed by atoms with van der Waals surface area (Å²) < 4.78 is 5.55. The monoisotopic (exact) mass is 253 g/mol. The number of benzene rings is 1. The minimum Gasteiger partial charge on any atom is -0.493 e. The average molecular weight is 253 g/mol. The van der Waals surface area contributed by atoms with E-state index in [9.17, 15) is 15.2 Å². The molecule has 0 spiro atoms. The molecule has 0 aliphatic heterocycles. The molecule has 1 aromatic rings. The van der Waals surface area contributed by atoms with E-state index in [0.29, 0.717) is 24.3 Å². The lowest BCUT2D eigenvalue weighted by molar-refractivity contribution is -0.385. The first-order chi connectivity index (χ1) is 8.20. The van der Waals surface area contributed by atoms with Crippen molar-refractivity contribution in [3.8, 4) is 5.75 Å². The Morgan fingerprint density at radius 1 is 1.33 bits per heavy atom. The molecule has 5 heteroatoms. The van der Waals surface area contributed by atoms with E-state index >= 15 is 0 Å². The van der Waals surface area contributed by atoms with Crippen molar-refractivity contribution in [3.05, 3.63) is 33.4 Å². The maximum Gasteiger partial charge on any atom is 0.272 e. The molecule has 0 amide bonds. The van der Waals surface area contributed by atoms with Crippen molar-refractivity contribution in [2.45, 2.75) is 39.7 Å². The van der Waals surface area contributed by atoms with E-state index in [2.05, 4.69) is 0 Å². The van der Waals surface area contributed by atoms with Gasteiger partial charge in [0.1, 0.15) is 5.75 Å². The molecule has 0 aliphatic rings. The van der Waals surface area contributed by atoms with Gasteiger partial charge < -0.3 is 9.84 Å². The Balaban J connectivity index is 2.79. The van der Waals surface area contributed by atoms with Gasteiger partial charge in [-0.1, -0.05) is 0 Å². The molecule has 0 saturated carbocycles. The third-order valence-corrected chi connectivity index (χ3v) is 2.66. The molecule has 100 valence electrons. The predicted molar refractivity (Wildman–Crippen MR) is 69.0 cm³/mol. The summed E-state index contributed by atoms with van der Waals surface area (Å²) in [5.41, 5.74) is 0.623. The number of hydrogen-bond acceptors (Lipinski definition) is 4. The van der Waals surface area contributed by atoms with Gasteiger partial charge in [-0.2, -0.15) is 0 Å². The number of ether oxygens (including phenoxy) is 1. The highest BCUT2D eigenvalue weighted by Gasteiger charge is 2.16. The van der Waals surface area contributed by atoms with Crippen LogP contribution < -0.4 is 4.74 Å². The molecule has 0 aromatic heterocycles. The van der Waals surface area contributed by atoms with Crippen molar-refractivity contribution in [2.24, 2.45) is 0 Å². The van der Waals surface area contributed by atoms with Crippen LogP contribution in [-0.4, -0.2) is 22.2 Å². The Morgan fingerprint density at radius 2 is 1.94 bits per heavy atom. The number of rotatable bonds is 5. The van der Waals surface area contributed by atoms with Gasteiger partial charge in [-0.15, -0.1) is 0 Å². The first-order valence-electron chi connectivity index (χ1n) is 5.81. The second-order valence-corrected chi connectivity index (χ2v) is 5.07. The minimum atomic E-state index is -0.774. The number of aryl methyl sites for hydroxylation is 2. The van der Waals surface area contributed by atoms with Gasteiger partial charge in [0.05, 0.1) is 17.1 Å². The van der Waals surface area contributed by atoms with E-state index < -0.39 is 10.5 Å². The summed E-state index contributed by atoms with van der Waals surface area (Å²) in [4.78, 5) is 10.4. The number of nitrogens with zero attached hydrogens (tertiary/aromatic N) is 1. The third kappa shape index (κ3) is 4.00. The molecule has 0 radical (unpaired) electrons. The number of hydrogen-bond donors (Lipinski definition) is 1. The van der Waals surface area contributed by atoms with Gasteiger partial charge in [-0.3, -0.25) is 10.1 Å². The van der Waals surface area contributed by atoms with E-state index in [4.69, 9.17) is 4.74 Å². The Kier molecular flexibility index (Phi) is 4.29. The molecule has 0 saturated heterocycles. The molecule has 0 aliphatic carbocycles. The standard InChI is InChI=1S/C13H19NO4/c1-9-8-12(18-6-5-13(3,4)15)10(2)7-11(9)14(16)17/h7-8,15H,5-6H2,1-4H3. The number of nitro benzene ring substituents is 1. The molecule has 0 heterocycles. The zero-order chi connectivity index (χ0) is 13.9. The molecular formula is C13H19NO4. The lowest BCUT2D eigenvalue weighted by Crippen LogP contribution is -2.21. The van der Waals surface area contributed by atoms with Crippen molar-refractivity contribution in [1.29, 1.82) is 0 Å². The quantitative estimate of drug-likeness (QED) is 0.647. The fourth-order valence-electron chi connectivity index (χ4n) is 1.54. The summed E-state index contributed by atoms with van der Waals surface area (Å²) in [7, 11) is 0. The fraction of sp³-hybridized carbons (Fsp3) is 0.538. The first-order valence-corrected chi connectivity index (χ1v) is 5.81. The van der Waals surface area contributed by atoms with Crippen LogP contribution in [0.4, 0.5) is 5.69 Å². The van der Waals surface area contributed by atoms with Crippen LogP contribution in [0.25, 0.3) is 0 Å². The lowest BCUT2D eigenvalue weighted by atomic mass is 10.1. The van der Waals surface area contributed by atoms with E-state index in [1.165, 1.54) is 6.07 Å². The first kappa shape index (κ1) is 14.4. The van der Waals surface area contributed by atoms with E-state index in [0.717, 1.165) is 5.56 Å². The van der Waals surface area contributed by atoms with E-state index in [-0.39, 0.29) is 5.69 Å². The predicted octanol–water partition coefficient (Wildman–Crippen LogP) is 2.75. The normalized spacial score (nSPS) is 11.4. The van der Waals surface area contributed by atoms with Crippen LogP contribution in [0.3, 0.4) is 0 Å². The second-order valence-electron chi connectivity index (χ2n) is 5.07. The van der Waals surface area contributed by atoms with Gasteiger partial charge in [-0.25, -0.2) is 0 Å². The van der Waals surface area contributed by atoms with Gasteiger partial charge in [0.15, 0.2) is 0 Å². The van der Waals surface area contributed by atoms with Crippen molar-refractivity contribution in [1.82, 2.24) is 0 Å². The smallest absolute Gasteiger partial charge is 0.272 e. The van der Waals surface area contributed by atoms with Crippen molar-refractivity contribution < 1.29 is 14.8 Å². The zero-order valence-corrected chi connectivity index (χ0v) is 11.2. The third-order valence-electron chi connectivity index (χ3n) is 2.66. The van der Waals surface area contributed by atoms with Crippen LogP contribution in [0.5, 0.6) is 5.75 Å². The van der Waals surface area contributed by atoms with Gasteiger partial charge in [0.25, 0.3) is 5.69 Å². The second kappa shape index (κ2) is 5.35. The average Bonchev–Trinajstić information content (AvgIpc) is 2.20. The van der Waals surface area contributed by atoms with Crippen LogP contribution in [0.15, 0.2) is 12.1 Å². The maximum absolute atomic E-state index is 10.8. The molecule has 1 aromatic carbocycles. The highest BCUT2D eigenvalue weighted by Crippen LogP contribution is 2.27. The molecular weight excluding hydrogens is 234 g/mol. The van der Waals surface area contributed by atoms with Crippen LogP contribution in [0.1, 0.15) is 31.4 Å². The van der Waals surface area contributed by atoms with Gasteiger partial charge in [-0.05, 0) is 39.3 Å². The van der Waals surface area contributed by atoms with E-state index in [1.54, 1.807) is 33.8 Å². The number of nitro groups is 1. The summed E-state index contributed by atoms with van der Waals surface area (Å²) >= 11 is 0. The van der Waals surface area contributed by atoms with Crippen LogP contribution in [0.2, 0.25) is 0 Å². The van der Waals surface area contributed by atoms with E-state index in [1.807, 2.05) is 0 Å². The van der Waals surface area contributed by atoms with Gasteiger partial charge >= 0.3 is 0 Å². The van der Waals surface area contributed by atoms with Gasteiger partial charge in [0.2, 0.25) is 0 Å². The Hall–Kier alpha value is -1.62. The zero-order valence-electron chi connectivity index (χ0n) is 11.2. The lowest BCUT2D eigenvalue weighted by Gasteiger charge is -2.18. The molecule has 5 nitrogen and oxygen atoms in total. The van der Waals surface area contributed by atoms with Crippen LogP contribution in [0, 0.1) is 24.0 Å². The largest absolute Gasteiger partial charge is 0.493 e. The number of aliphatic hydroxyl groups is 1. The summed E-state index contributed by atoms with van der Waals surface area (Å²) in [6, 6.07) is 3.17. The summed E-state index contributed by atoms with van der Waals surface area (Å²) in [6.45, 7) is 7.25. The maximum atomic E-state index is 10.8. The summed E-state index contributed by atoms with van der Waals surface area (Å²) in [5.74, 6) is 0.627. The van der Waals surface area contributed by atoms with Crippen molar-refractivity contribution in [2.75, 3.05) is 6.61 Å². The summed E-state index contributed by atoms with van der Waals surface area (Å²) in [6.07, 6.45) is 0.502. The molecule has 0 bridgehead atoms. The highest BCUT2D eigenvalue weighted by atomic mass is 16.6. The topological polar surface area (TPSA) is 72.6 Å². The van der Waals surface area contributed by atoms with Crippen LogP contribution >= 0.6 is 0 Å². The Morgan fingerprint density at radius 3 is 2.44 bits per heavy atom. The molecule has 0 atom stereocenters. The molecule has 1 rings (SSSR count). The van der Waals surface area contributed by atoms with Crippen LogP contribution in [-0.2, 0) is 0 Å².